The van der Waals surface area contributed by atoms with Crippen molar-refractivity contribution < 1.29 is 14.3 Å². The first-order chi connectivity index (χ1) is 13.6. The summed E-state index contributed by atoms with van der Waals surface area (Å²) in [6.07, 6.45) is 0. The Morgan fingerprint density at radius 3 is 2.68 bits per heavy atom. The van der Waals surface area contributed by atoms with Crippen molar-refractivity contribution in [3.63, 3.8) is 0 Å². The molecule has 0 aliphatic heterocycles. The van der Waals surface area contributed by atoms with Crippen LogP contribution in [0, 0.1) is 0 Å². The summed E-state index contributed by atoms with van der Waals surface area (Å²) in [7, 11) is 1.59. The van der Waals surface area contributed by atoms with Crippen molar-refractivity contribution in [2.75, 3.05) is 25.6 Å². The van der Waals surface area contributed by atoms with Crippen LogP contribution in [0.15, 0.2) is 65.1 Å². The van der Waals surface area contributed by atoms with E-state index in [9.17, 15) is 4.79 Å². The van der Waals surface area contributed by atoms with Gasteiger partial charge in [-0.15, -0.1) is 0 Å². The van der Waals surface area contributed by atoms with E-state index in [-0.39, 0.29) is 11.0 Å². The van der Waals surface area contributed by atoms with Crippen LogP contribution >= 0.6 is 28.1 Å². The van der Waals surface area contributed by atoms with Gasteiger partial charge in [0.2, 0.25) is 0 Å². The zero-order valence-electron chi connectivity index (χ0n) is 15.2. The standard InChI is InChI=1S/C21H19BrN2O3S/c1-26-11-12-27-19-10-9-15(22)13-17(19)20(25)24-21(28)23-18-8-4-6-14-5-2-3-7-16(14)18/h2-10,13H,11-12H2,1H3,(H2,23,24,25,28). The monoisotopic (exact) mass is 458 g/mol. The van der Waals surface area contributed by atoms with Crippen molar-refractivity contribution in [2.24, 2.45) is 0 Å². The topological polar surface area (TPSA) is 59.6 Å². The van der Waals surface area contributed by atoms with Crippen LogP contribution in [0.4, 0.5) is 5.69 Å². The number of fused-ring (bicyclic) bond motifs is 1. The summed E-state index contributed by atoms with van der Waals surface area (Å²) in [6.45, 7) is 0.773. The van der Waals surface area contributed by atoms with Gasteiger partial charge in [-0.2, -0.15) is 0 Å². The fourth-order valence-corrected chi connectivity index (χ4v) is 3.26. The maximum Gasteiger partial charge on any atom is 0.261 e. The van der Waals surface area contributed by atoms with E-state index in [4.69, 9.17) is 21.7 Å². The summed E-state index contributed by atoms with van der Waals surface area (Å²) in [5.41, 5.74) is 1.21. The Bertz CT molecular complexity index is 1000. The molecule has 3 rings (SSSR count). The Balaban J connectivity index is 1.73. The Morgan fingerprint density at radius 2 is 1.86 bits per heavy atom. The Labute approximate surface area is 177 Å². The van der Waals surface area contributed by atoms with Gasteiger partial charge in [-0.25, -0.2) is 0 Å². The van der Waals surface area contributed by atoms with E-state index in [1.807, 2.05) is 48.5 Å². The molecule has 0 aliphatic rings. The smallest absolute Gasteiger partial charge is 0.261 e. The number of rotatable bonds is 6. The maximum atomic E-state index is 12.7. The number of ether oxygens (including phenoxy) is 2. The van der Waals surface area contributed by atoms with Gasteiger partial charge in [-0.05, 0) is 41.9 Å². The second-order valence-corrected chi connectivity index (χ2v) is 7.24. The average molecular weight is 459 g/mol. The number of nitrogens with one attached hydrogen (secondary N) is 2. The van der Waals surface area contributed by atoms with Crippen LogP contribution in [-0.2, 0) is 4.74 Å². The van der Waals surface area contributed by atoms with Gasteiger partial charge in [-0.1, -0.05) is 52.3 Å². The van der Waals surface area contributed by atoms with E-state index in [1.165, 1.54) is 0 Å². The Hall–Kier alpha value is -2.48. The molecular weight excluding hydrogens is 440 g/mol. The fraction of sp³-hybridized carbons (Fsp3) is 0.143. The predicted molar refractivity (Wildman–Crippen MR) is 119 cm³/mol. The number of amides is 1. The second-order valence-electron chi connectivity index (χ2n) is 5.92. The summed E-state index contributed by atoms with van der Waals surface area (Å²) in [4.78, 5) is 12.7. The van der Waals surface area contributed by atoms with Crippen molar-refractivity contribution in [3.05, 3.63) is 70.7 Å². The van der Waals surface area contributed by atoms with Gasteiger partial charge in [0.1, 0.15) is 12.4 Å². The largest absolute Gasteiger partial charge is 0.490 e. The molecule has 2 N–H and O–H groups in total. The van der Waals surface area contributed by atoms with Crippen LogP contribution in [0.25, 0.3) is 10.8 Å². The summed E-state index contributed by atoms with van der Waals surface area (Å²) in [5, 5.41) is 8.13. The molecule has 0 aromatic heterocycles. The van der Waals surface area contributed by atoms with Crippen molar-refractivity contribution in [3.8, 4) is 5.75 Å². The van der Waals surface area contributed by atoms with Crippen LogP contribution in [-0.4, -0.2) is 31.3 Å². The van der Waals surface area contributed by atoms with Gasteiger partial charge in [-0.3, -0.25) is 10.1 Å². The van der Waals surface area contributed by atoms with Crippen molar-refractivity contribution in [1.29, 1.82) is 0 Å². The normalized spacial score (nSPS) is 10.5. The number of methoxy groups -OCH3 is 1. The zero-order valence-corrected chi connectivity index (χ0v) is 17.6. The molecule has 28 heavy (non-hydrogen) atoms. The van der Waals surface area contributed by atoms with E-state index in [0.29, 0.717) is 24.5 Å². The molecule has 3 aromatic carbocycles. The van der Waals surface area contributed by atoms with E-state index >= 15 is 0 Å². The van der Waals surface area contributed by atoms with Crippen LogP contribution < -0.4 is 15.4 Å². The van der Waals surface area contributed by atoms with Crippen LogP contribution in [0.2, 0.25) is 0 Å². The highest BCUT2D eigenvalue weighted by atomic mass is 79.9. The SMILES string of the molecule is COCCOc1ccc(Br)cc1C(=O)NC(=S)Nc1cccc2ccccc12. The molecule has 0 saturated carbocycles. The highest BCUT2D eigenvalue weighted by Gasteiger charge is 2.15. The number of benzene rings is 3. The maximum absolute atomic E-state index is 12.7. The molecule has 0 radical (unpaired) electrons. The minimum Gasteiger partial charge on any atom is -0.490 e. The van der Waals surface area contributed by atoms with Crippen molar-refractivity contribution in [1.82, 2.24) is 5.32 Å². The lowest BCUT2D eigenvalue weighted by Gasteiger charge is -2.14. The number of hydrogen-bond acceptors (Lipinski definition) is 4. The van der Waals surface area contributed by atoms with Gasteiger partial charge >= 0.3 is 0 Å². The second kappa shape index (κ2) is 9.64. The predicted octanol–water partition coefficient (Wildman–Crippen LogP) is 4.75. The average Bonchev–Trinajstić information content (AvgIpc) is 2.69. The lowest BCUT2D eigenvalue weighted by Crippen LogP contribution is -2.34. The van der Waals surface area contributed by atoms with Crippen LogP contribution in [0.5, 0.6) is 5.75 Å². The van der Waals surface area contributed by atoms with Crippen LogP contribution in [0.1, 0.15) is 10.4 Å². The first-order valence-corrected chi connectivity index (χ1v) is 9.80. The molecule has 1 amide bonds. The van der Waals surface area contributed by atoms with E-state index in [0.717, 1.165) is 20.9 Å². The summed E-state index contributed by atoms with van der Waals surface area (Å²) >= 11 is 8.73. The van der Waals surface area contributed by atoms with Crippen molar-refractivity contribution in [2.45, 2.75) is 0 Å². The number of halogens is 1. The highest BCUT2D eigenvalue weighted by molar-refractivity contribution is 9.10. The Morgan fingerprint density at radius 1 is 1.07 bits per heavy atom. The third-order valence-electron chi connectivity index (χ3n) is 4.00. The molecule has 0 bridgehead atoms. The lowest BCUT2D eigenvalue weighted by molar-refractivity contribution is 0.0969. The lowest BCUT2D eigenvalue weighted by atomic mass is 10.1. The van der Waals surface area contributed by atoms with E-state index in [1.54, 1.807) is 19.2 Å². The molecule has 7 heteroatoms. The quantitative estimate of drug-likeness (QED) is 0.412. The zero-order chi connectivity index (χ0) is 19.9. The molecule has 144 valence electrons. The summed E-state index contributed by atoms with van der Waals surface area (Å²) in [6, 6.07) is 19.1. The van der Waals surface area contributed by atoms with E-state index < -0.39 is 0 Å². The minimum absolute atomic E-state index is 0.212. The molecule has 3 aromatic rings. The van der Waals surface area contributed by atoms with Gasteiger partial charge < -0.3 is 14.8 Å². The summed E-state index contributed by atoms with van der Waals surface area (Å²) in [5.74, 6) is 0.108. The number of anilines is 1. The van der Waals surface area contributed by atoms with Gasteiger partial charge in [0.15, 0.2) is 5.11 Å². The number of thiocarbonyl (C=S) groups is 1. The molecule has 5 nitrogen and oxygen atoms in total. The number of carbonyl (C=O) groups is 1. The molecule has 0 spiro atoms. The summed E-state index contributed by atoms with van der Waals surface area (Å²) < 4.78 is 11.4. The highest BCUT2D eigenvalue weighted by Crippen LogP contribution is 2.24. The van der Waals surface area contributed by atoms with Gasteiger partial charge in [0.05, 0.1) is 12.2 Å². The van der Waals surface area contributed by atoms with Gasteiger partial charge in [0, 0.05) is 22.7 Å². The first-order valence-electron chi connectivity index (χ1n) is 8.60. The first kappa shape index (κ1) is 20.3. The molecule has 0 aliphatic carbocycles. The van der Waals surface area contributed by atoms with Gasteiger partial charge in [0.25, 0.3) is 5.91 Å². The molecule has 0 saturated heterocycles. The van der Waals surface area contributed by atoms with Crippen LogP contribution in [0.3, 0.4) is 0 Å². The third kappa shape index (κ3) is 5.07. The molecule has 0 atom stereocenters. The molecule has 0 heterocycles. The number of carbonyl (C=O) groups excluding carboxylic acids is 1. The fourth-order valence-electron chi connectivity index (χ4n) is 2.70. The molecular formula is C21H19BrN2O3S. The number of hydrogen-bond donors (Lipinski definition) is 2. The molecule has 0 fully saturated rings. The Kier molecular flexibility index (Phi) is 6.97. The van der Waals surface area contributed by atoms with E-state index in [2.05, 4.69) is 26.6 Å². The third-order valence-corrected chi connectivity index (χ3v) is 4.69. The molecule has 0 unspecified atom stereocenters. The van der Waals surface area contributed by atoms with Crippen molar-refractivity contribution >= 4 is 55.6 Å². The minimum atomic E-state index is -0.355.